The Balaban J connectivity index is 1.94. The number of esters is 1. The van der Waals surface area contributed by atoms with Crippen LogP contribution in [0.25, 0.3) is 0 Å². The molecule has 0 aliphatic carbocycles. The van der Waals surface area contributed by atoms with Gasteiger partial charge in [0.05, 0.1) is 19.8 Å². The number of hydrogen-bond acceptors (Lipinski definition) is 4. The van der Waals surface area contributed by atoms with Crippen molar-refractivity contribution in [3.63, 3.8) is 0 Å². The summed E-state index contributed by atoms with van der Waals surface area (Å²) in [7, 11) is 0. The van der Waals surface area contributed by atoms with E-state index in [-0.39, 0.29) is 17.7 Å². The monoisotopic (exact) mass is 284 g/mol. The molecule has 1 saturated heterocycles. The van der Waals surface area contributed by atoms with E-state index in [0.717, 1.165) is 45.3 Å². The fourth-order valence-corrected chi connectivity index (χ4v) is 1.96. The predicted molar refractivity (Wildman–Crippen MR) is 78.3 cm³/mol. The van der Waals surface area contributed by atoms with Crippen molar-refractivity contribution in [1.82, 2.24) is 0 Å². The first-order valence-electron chi connectivity index (χ1n) is 7.53. The summed E-state index contributed by atoms with van der Waals surface area (Å²) in [6.07, 6.45) is 9.37. The van der Waals surface area contributed by atoms with Crippen molar-refractivity contribution in [2.24, 2.45) is 5.41 Å². The highest BCUT2D eigenvalue weighted by Crippen LogP contribution is 2.23. The number of carbonyl (C=O) groups is 1. The third-order valence-electron chi connectivity index (χ3n) is 3.14. The van der Waals surface area contributed by atoms with Gasteiger partial charge in [-0.3, -0.25) is 4.79 Å². The normalized spacial score (nSPS) is 19.4. The molecule has 0 unspecified atom stereocenters. The van der Waals surface area contributed by atoms with E-state index < -0.39 is 0 Å². The molecule has 4 heteroatoms. The summed E-state index contributed by atoms with van der Waals surface area (Å²) in [5, 5.41) is 0. The average molecular weight is 284 g/mol. The number of rotatable bonds is 8. The van der Waals surface area contributed by atoms with Crippen LogP contribution in [0.4, 0.5) is 0 Å². The van der Waals surface area contributed by atoms with Gasteiger partial charge in [0.2, 0.25) is 0 Å². The van der Waals surface area contributed by atoms with Crippen molar-refractivity contribution in [3.05, 3.63) is 12.2 Å². The highest BCUT2D eigenvalue weighted by Gasteiger charge is 2.26. The van der Waals surface area contributed by atoms with Crippen LogP contribution >= 0.6 is 0 Å². The largest absolute Gasteiger partial charge is 0.466 e. The van der Waals surface area contributed by atoms with E-state index >= 15 is 0 Å². The number of allylic oxidation sites excluding steroid dienone is 1. The van der Waals surface area contributed by atoms with E-state index in [4.69, 9.17) is 14.2 Å². The second-order valence-corrected chi connectivity index (χ2v) is 6.13. The van der Waals surface area contributed by atoms with Crippen LogP contribution in [0.1, 0.15) is 52.9 Å². The lowest BCUT2D eigenvalue weighted by Gasteiger charge is -2.33. The molecule has 0 aromatic heterocycles. The molecule has 0 atom stereocenters. The second-order valence-electron chi connectivity index (χ2n) is 6.13. The molecule has 1 aliphatic heterocycles. The highest BCUT2D eigenvalue weighted by atomic mass is 16.7. The number of unbranched alkanes of at least 4 members (excludes halogenated alkanes) is 4. The number of ether oxygens (including phenoxy) is 3. The molecule has 4 nitrogen and oxygen atoms in total. The van der Waals surface area contributed by atoms with Crippen LogP contribution in [0.2, 0.25) is 0 Å². The molecule has 0 amide bonds. The Labute approximate surface area is 122 Å². The summed E-state index contributed by atoms with van der Waals surface area (Å²) in [5.74, 6) is -0.191. The van der Waals surface area contributed by atoms with Crippen molar-refractivity contribution >= 4 is 5.97 Å². The van der Waals surface area contributed by atoms with Crippen LogP contribution in [-0.4, -0.2) is 32.1 Å². The van der Waals surface area contributed by atoms with Gasteiger partial charge in [0, 0.05) is 12.3 Å². The van der Waals surface area contributed by atoms with Crippen LogP contribution in [0, 0.1) is 5.41 Å². The molecule has 0 spiro atoms. The van der Waals surface area contributed by atoms with E-state index in [1.54, 1.807) is 0 Å². The maximum absolute atomic E-state index is 10.6. The summed E-state index contributed by atoms with van der Waals surface area (Å²) < 4.78 is 16.1. The van der Waals surface area contributed by atoms with Gasteiger partial charge < -0.3 is 14.2 Å². The Kier molecular flexibility index (Phi) is 7.85. The van der Waals surface area contributed by atoms with Crippen molar-refractivity contribution in [2.45, 2.75) is 59.2 Å². The van der Waals surface area contributed by atoms with E-state index in [1.807, 2.05) is 6.08 Å². The second kappa shape index (κ2) is 9.14. The minimum atomic E-state index is -0.191. The Morgan fingerprint density at radius 2 is 1.85 bits per heavy atom. The zero-order chi connectivity index (χ0) is 14.8. The maximum Gasteiger partial charge on any atom is 0.302 e. The quantitative estimate of drug-likeness (QED) is 0.389. The fraction of sp³-hybridized carbons (Fsp3) is 0.812. The SMILES string of the molecule is CC(=O)OCCCCCCC=CC1OCC(C)(C)CO1. The van der Waals surface area contributed by atoms with Gasteiger partial charge in [0.15, 0.2) is 6.29 Å². The smallest absolute Gasteiger partial charge is 0.302 e. The minimum absolute atomic E-state index is 0.131. The summed E-state index contributed by atoms with van der Waals surface area (Å²) in [4.78, 5) is 10.6. The maximum atomic E-state index is 10.6. The molecule has 1 heterocycles. The van der Waals surface area contributed by atoms with Gasteiger partial charge in [-0.1, -0.05) is 32.8 Å². The third-order valence-corrected chi connectivity index (χ3v) is 3.14. The standard InChI is InChI=1S/C16H28O4/c1-14(17)18-11-9-7-5-4-6-8-10-15-19-12-16(2,3)13-20-15/h8,10,15H,4-7,9,11-13H2,1-3H3. The molecule has 0 aromatic carbocycles. The van der Waals surface area contributed by atoms with Crippen molar-refractivity contribution in [2.75, 3.05) is 19.8 Å². The predicted octanol–water partition coefficient (Wildman–Crippen LogP) is 3.46. The molecular weight excluding hydrogens is 256 g/mol. The first-order valence-corrected chi connectivity index (χ1v) is 7.53. The molecular formula is C16H28O4. The summed E-state index contributed by atoms with van der Waals surface area (Å²) in [6.45, 7) is 7.77. The summed E-state index contributed by atoms with van der Waals surface area (Å²) >= 11 is 0. The van der Waals surface area contributed by atoms with Gasteiger partial charge >= 0.3 is 5.97 Å². The first-order chi connectivity index (χ1) is 9.49. The minimum Gasteiger partial charge on any atom is -0.466 e. The zero-order valence-corrected chi connectivity index (χ0v) is 13.0. The molecule has 1 fully saturated rings. The van der Waals surface area contributed by atoms with Crippen LogP contribution < -0.4 is 0 Å². The van der Waals surface area contributed by atoms with Gasteiger partial charge in [-0.15, -0.1) is 0 Å². The lowest BCUT2D eigenvalue weighted by molar-refractivity contribution is -0.197. The van der Waals surface area contributed by atoms with Crippen molar-refractivity contribution in [3.8, 4) is 0 Å². The third kappa shape index (κ3) is 8.33. The number of hydrogen-bond donors (Lipinski definition) is 0. The van der Waals surface area contributed by atoms with Crippen LogP contribution in [0.5, 0.6) is 0 Å². The molecule has 1 aliphatic rings. The van der Waals surface area contributed by atoms with E-state index in [2.05, 4.69) is 19.9 Å². The van der Waals surface area contributed by atoms with E-state index in [1.165, 1.54) is 6.92 Å². The summed E-state index contributed by atoms with van der Waals surface area (Å²) in [6, 6.07) is 0. The average Bonchev–Trinajstić information content (AvgIpc) is 2.38. The van der Waals surface area contributed by atoms with Gasteiger partial charge in [-0.25, -0.2) is 0 Å². The lowest BCUT2D eigenvalue weighted by atomic mass is 9.96. The number of carbonyl (C=O) groups excluding carboxylic acids is 1. The molecule has 1 rings (SSSR count). The van der Waals surface area contributed by atoms with Crippen LogP contribution in [-0.2, 0) is 19.0 Å². The van der Waals surface area contributed by atoms with Crippen molar-refractivity contribution < 1.29 is 19.0 Å². The fourth-order valence-electron chi connectivity index (χ4n) is 1.96. The summed E-state index contributed by atoms with van der Waals surface area (Å²) in [5.41, 5.74) is 0.131. The molecule has 0 N–H and O–H groups in total. The van der Waals surface area contributed by atoms with E-state index in [0.29, 0.717) is 6.61 Å². The topological polar surface area (TPSA) is 44.8 Å². The van der Waals surface area contributed by atoms with Gasteiger partial charge in [-0.2, -0.15) is 0 Å². The van der Waals surface area contributed by atoms with Crippen LogP contribution in [0.3, 0.4) is 0 Å². The Bertz CT molecular complexity index is 300. The molecule has 116 valence electrons. The Hall–Kier alpha value is -0.870. The molecule has 0 aromatic rings. The Morgan fingerprint density at radius 1 is 1.20 bits per heavy atom. The Morgan fingerprint density at radius 3 is 2.50 bits per heavy atom. The highest BCUT2D eigenvalue weighted by molar-refractivity contribution is 5.65. The lowest BCUT2D eigenvalue weighted by Crippen LogP contribution is -2.36. The van der Waals surface area contributed by atoms with Crippen LogP contribution in [0.15, 0.2) is 12.2 Å². The van der Waals surface area contributed by atoms with Crippen molar-refractivity contribution in [1.29, 1.82) is 0 Å². The van der Waals surface area contributed by atoms with Gasteiger partial charge in [-0.05, 0) is 25.3 Å². The van der Waals surface area contributed by atoms with E-state index in [9.17, 15) is 4.79 Å². The molecule has 0 bridgehead atoms. The zero-order valence-electron chi connectivity index (χ0n) is 13.0. The molecule has 0 saturated carbocycles. The van der Waals surface area contributed by atoms with Gasteiger partial charge in [0.1, 0.15) is 0 Å². The molecule has 0 radical (unpaired) electrons. The first kappa shape index (κ1) is 17.2. The molecule has 20 heavy (non-hydrogen) atoms. The van der Waals surface area contributed by atoms with Gasteiger partial charge in [0.25, 0.3) is 0 Å².